The number of carbonyl (C=O) groups excluding carboxylic acids is 2. The van der Waals surface area contributed by atoms with E-state index >= 15 is 0 Å². The van der Waals surface area contributed by atoms with Gasteiger partial charge in [-0.15, -0.1) is 0 Å². The molecule has 1 atom stereocenters. The largest absolute Gasteiger partial charge is 0.322 e. The molecule has 0 aliphatic carbocycles. The fourth-order valence-electron chi connectivity index (χ4n) is 4.63. The van der Waals surface area contributed by atoms with Crippen molar-refractivity contribution in [2.45, 2.75) is 39.4 Å². The summed E-state index contributed by atoms with van der Waals surface area (Å²) in [4.78, 5) is 29.2. The van der Waals surface area contributed by atoms with Gasteiger partial charge in [0.25, 0.3) is 0 Å². The summed E-state index contributed by atoms with van der Waals surface area (Å²) in [5.41, 5.74) is 2.74. The van der Waals surface area contributed by atoms with Crippen molar-refractivity contribution in [2.75, 3.05) is 29.9 Å². The zero-order valence-corrected chi connectivity index (χ0v) is 17.1. The monoisotopic (exact) mass is 412 g/mol. The fraction of sp³-hybridized carbons (Fsp3) is 0.476. The van der Waals surface area contributed by atoms with Crippen molar-refractivity contribution in [3.63, 3.8) is 0 Å². The molecule has 9 heteroatoms. The molecule has 2 fully saturated rings. The van der Waals surface area contributed by atoms with E-state index in [1.807, 2.05) is 16.5 Å². The molecule has 5 rings (SSSR count). The molecule has 30 heavy (non-hydrogen) atoms. The summed E-state index contributed by atoms with van der Waals surface area (Å²) >= 11 is 0. The van der Waals surface area contributed by atoms with Gasteiger partial charge in [-0.3, -0.25) is 9.48 Å². The van der Waals surface area contributed by atoms with Crippen LogP contribution in [-0.4, -0.2) is 52.3 Å². The van der Waals surface area contributed by atoms with Crippen molar-refractivity contribution in [1.82, 2.24) is 20.0 Å². The predicted octanol–water partition coefficient (Wildman–Crippen LogP) is 2.09. The van der Waals surface area contributed by atoms with Gasteiger partial charge in [-0.2, -0.15) is 5.10 Å². The SMILES string of the molecule is Cc1cc(NC(=O)N2Cc3c(N4CC5(CNC5)CC4=O)cnn3C[C@@H]2C)ccc1F. The minimum absolute atomic E-state index is 0.0331. The van der Waals surface area contributed by atoms with Crippen LogP contribution < -0.4 is 15.5 Å². The quantitative estimate of drug-likeness (QED) is 0.791. The van der Waals surface area contributed by atoms with Crippen LogP contribution in [0.15, 0.2) is 24.4 Å². The van der Waals surface area contributed by atoms with E-state index in [0.717, 1.165) is 24.5 Å². The fourth-order valence-corrected chi connectivity index (χ4v) is 4.63. The van der Waals surface area contributed by atoms with Gasteiger partial charge in [0.05, 0.1) is 36.7 Å². The standard InChI is InChI=1S/C21H25FN6O2/c1-13-5-15(3-4-16(13)22)25-20(30)26-9-18-17(7-24-28(18)8-14(26)2)27-12-21(6-19(27)29)10-23-11-21/h3-5,7,14,23H,6,8-12H2,1-2H3,(H,25,30)/t14-/m0/s1. The number of benzene rings is 1. The zero-order valence-electron chi connectivity index (χ0n) is 17.1. The third-order valence-electron chi connectivity index (χ3n) is 6.50. The maximum Gasteiger partial charge on any atom is 0.322 e. The second-order valence-corrected chi connectivity index (χ2v) is 8.79. The van der Waals surface area contributed by atoms with Crippen LogP contribution in [0, 0.1) is 18.2 Å². The topological polar surface area (TPSA) is 82.5 Å². The van der Waals surface area contributed by atoms with E-state index in [9.17, 15) is 14.0 Å². The molecular weight excluding hydrogens is 387 g/mol. The summed E-state index contributed by atoms with van der Waals surface area (Å²) in [7, 11) is 0. The minimum Gasteiger partial charge on any atom is -0.315 e. The van der Waals surface area contributed by atoms with Crippen LogP contribution in [-0.2, 0) is 17.9 Å². The van der Waals surface area contributed by atoms with Gasteiger partial charge in [0.2, 0.25) is 5.91 Å². The third kappa shape index (κ3) is 3.04. The second kappa shape index (κ2) is 6.80. The Bertz CT molecular complexity index is 1030. The molecule has 1 spiro atoms. The van der Waals surface area contributed by atoms with Gasteiger partial charge in [-0.1, -0.05) is 0 Å². The smallest absolute Gasteiger partial charge is 0.315 e. The summed E-state index contributed by atoms with van der Waals surface area (Å²) in [6, 6.07) is 4.20. The summed E-state index contributed by atoms with van der Waals surface area (Å²) in [6.07, 6.45) is 2.30. The van der Waals surface area contributed by atoms with Crippen LogP contribution in [0.4, 0.5) is 20.6 Å². The molecule has 3 aliphatic rings. The Balaban J connectivity index is 1.36. The molecule has 3 aliphatic heterocycles. The van der Waals surface area contributed by atoms with Gasteiger partial charge in [-0.05, 0) is 37.6 Å². The maximum absolute atomic E-state index is 13.5. The van der Waals surface area contributed by atoms with Gasteiger partial charge in [0.1, 0.15) is 5.82 Å². The number of anilines is 2. The molecule has 3 amide bonds. The molecule has 0 bridgehead atoms. The molecule has 8 nitrogen and oxygen atoms in total. The number of nitrogens with zero attached hydrogens (tertiary/aromatic N) is 4. The van der Waals surface area contributed by atoms with E-state index in [1.165, 1.54) is 6.07 Å². The van der Waals surface area contributed by atoms with Crippen LogP contribution in [0.1, 0.15) is 24.6 Å². The highest BCUT2D eigenvalue weighted by atomic mass is 19.1. The molecule has 158 valence electrons. The first-order chi connectivity index (χ1) is 14.3. The Morgan fingerprint density at radius 2 is 2.17 bits per heavy atom. The van der Waals surface area contributed by atoms with E-state index < -0.39 is 0 Å². The van der Waals surface area contributed by atoms with Crippen molar-refractivity contribution in [3.8, 4) is 0 Å². The number of aromatic nitrogens is 2. The average molecular weight is 412 g/mol. The number of hydrogen-bond acceptors (Lipinski definition) is 4. The van der Waals surface area contributed by atoms with E-state index in [-0.39, 0.29) is 29.2 Å². The molecular formula is C21H25FN6O2. The number of hydrogen-bond donors (Lipinski definition) is 2. The van der Waals surface area contributed by atoms with E-state index in [2.05, 4.69) is 15.7 Å². The normalized spacial score (nSPS) is 22.2. The van der Waals surface area contributed by atoms with Crippen molar-refractivity contribution >= 4 is 23.3 Å². The number of fused-ring (bicyclic) bond motifs is 1. The number of rotatable bonds is 2. The molecule has 1 aromatic heterocycles. The Labute approximate surface area is 174 Å². The Hall–Kier alpha value is -2.94. The number of nitrogens with one attached hydrogen (secondary N) is 2. The van der Waals surface area contributed by atoms with Gasteiger partial charge in [-0.25, -0.2) is 9.18 Å². The molecule has 2 saturated heterocycles. The number of aryl methyl sites for hydroxylation is 1. The van der Waals surface area contributed by atoms with Crippen LogP contribution >= 0.6 is 0 Å². The summed E-state index contributed by atoms with van der Waals surface area (Å²) in [5.74, 6) is -0.189. The van der Waals surface area contributed by atoms with Crippen LogP contribution in [0.5, 0.6) is 0 Å². The molecule has 0 saturated carbocycles. The minimum atomic E-state index is -0.303. The molecule has 2 aromatic rings. The van der Waals surface area contributed by atoms with Gasteiger partial charge >= 0.3 is 6.03 Å². The van der Waals surface area contributed by atoms with Crippen LogP contribution in [0.3, 0.4) is 0 Å². The highest BCUT2D eigenvalue weighted by Gasteiger charge is 2.48. The highest BCUT2D eigenvalue weighted by molar-refractivity contribution is 5.97. The first kappa shape index (κ1) is 19.0. The lowest BCUT2D eigenvalue weighted by atomic mass is 9.81. The third-order valence-corrected chi connectivity index (χ3v) is 6.50. The van der Waals surface area contributed by atoms with Crippen molar-refractivity contribution in [3.05, 3.63) is 41.5 Å². The first-order valence-electron chi connectivity index (χ1n) is 10.2. The molecule has 4 heterocycles. The Kier molecular flexibility index (Phi) is 4.32. The van der Waals surface area contributed by atoms with Crippen molar-refractivity contribution in [1.29, 1.82) is 0 Å². The molecule has 1 aromatic carbocycles. The van der Waals surface area contributed by atoms with Crippen molar-refractivity contribution < 1.29 is 14.0 Å². The van der Waals surface area contributed by atoms with Crippen LogP contribution in [0.25, 0.3) is 0 Å². The predicted molar refractivity (Wildman–Crippen MR) is 110 cm³/mol. The highest BCUT2D eigenvalue weighted by Crippen LogP contribution is 2.39. The maximum atomic E-state index is 13.5. The summed E-state index contributed by atoms with van der Waals surface area (Å²) in [6.45, 7) is 6.96. The van der Waals surface area contributed by atoms with Crippen LogP contribution in [0.2, 0.25) is 0 Å². The summed E-state index contributed by atoms with van der Waals surface area (Å²) < 4.78 is 15.4. The number of amides is 3. The first-order valence-corrected chi connectivity index (χ1v) is 10.2. The number of urea groups is 1. The number of halogens is 1. The van der Waals surface area contributed by atoms with Gasteiger partial charge in [0, 0.05) is 37.2 Å². The lowest BCUT2D eigenvalue weighted by molar-refractivity contribution is -0.118. The zero-order chi connectivity index (χ0) is 21.0. The van der Waals surface area contributed by atoms with E-state index in [0.29, 0.717) is 37.3 Å². The van der Waals surface area contributed by atoms with E-state index in [1.54, 1.807) is 30.2 Å². The Morgan fingerprint density at radius 1 is 1.37 bits per heavy atom. The number of carbonyl (C=O) groups is 2. The summed E-state index contributed by atoms with van der Waals surface area (Å²) in [5, 5.41) is 10.6. The molecule has 0 radical (unpaired) electrons. The molecule has 2 N–H and O–H groups in total. The van der Waals surface area contributed by atoms with Gasteiger partial charge in [0.15, 0.2) is 0 Å². The van der Waals surface area contributed by atoms with Crippen molar-refractivity contribution in [2.24, 2.45) is 5.41 Å². The molecule has 0 unspecified atom stereocenters. The Morgan fingerprint density at radius 3 is 2.83 bits per heavy atom. The second-order valence-electron chi connectivity index (χ2n) is 8.79. The lowest BCUT2D eigenvalue weighted by Gasteiger charge is -2.38. The average Bonchev–Trinajstić information content (AvgIpc) is 3.24. The lowest BCUT2D eigenvalue weighted by Crippen LogP contribution is -2.54. The van der Waals surface area contributed by atoms with E-state index in [4.69, 9.17) is 0 Å². The van der Waals surface area contributed by atoms with Gasteiger partial charge < -0.3 is 20.4 Å².